The molecule has 0 unspecified atom stereocenters. The Labute approximate surface area is 116 Å². The minimum absolute atomic E-state index is 0.00819. The second-order valence-electron chi connectivity index (χ2n) is 5.06. The van der Waals surface area contributed by atoms with E-state index in [1.165, 1.54) is 6.07 Å². The smallest absolute Gasteiger partial charge is 0.311 e. The van der Waals surface area contributed by atoms with Crippen LogP contribution in [0, 0.1) is 16.0 Å². The molecule has 0 radical (unpaired) electrons. The molecule has 1 aliphatic carbocycles. The highest BCUT2D eigenvalue weighted by Gasteiger charge is 2.24. The van der Waals surface area contributed by atoms with Crippen molar-refractivity contribution in [1.82, 2.24) is 9.55 Å². The largest absolute Gasteiger partial charge is 0.487 e. The first-order valence-electron chi connectivity index (χ1n) is 6.54. The van der Waals surface area contributed by atoms with E-state index in [9.17, 15) is 10.1 Å². The predicted octanol–water partition coefficient (Wildman–Crippen LogP) is 2.78. The maximum Gasteiger partial charge on any atom is 0.311 e. The number of aromatic nitrogens is 2. The van der Waals surface area contributed by atoms with Crippen molar-refractivity contribution in [2.75, 3.05) is 6.61 Å². The van der Waals surface area contributed by atoms with E-state index in [0.29, 0.717) is 29.7 Å². The molecule has 0 N–H and O–H groups in total. The fourth-order valence-electron chi connectivity index (χ4n) is 2.06. The molecule has 1 aromatic carbocycles. The molecule has 1 aromatic heterocycles. The van der Waals surface area contributed by atoms with Gasteiger partial charge in [0.2, 0.25) is 0 Å². The van der Waals surface area contributed by atoms with Crippen LogP contribution in [-0.4, -0.2) is 21.1 Å². The highest BCUT2D eigenvalue weighted by molar-refractivity contribution is 5.64. The van der Waals surface area contributed by atoms with Crippen molar-refractivity contribution in [3.05, 3.63) is 40.7 Å². The van der Waals surface area contributed by atoms with Gasteiger partial charge in [0.1, 0.15) is 5.82 Å². The molecule has 0 amide bonds. The molecule has 0 aliphatic heterocycles. The summed E-state index contributed by atoms with van der Waals surface area (Å²) in [6.45, 7) is 0.558. The van der Waals surface area contributed by atoms with E-state index >= 15 is 0 Å². The normalized spacial score (nSPS) is 14.2. The van der Waals surface area contributed by atoms with Crippen LogP contribution in [0.4, 0.5) is 5.69 Å². The third-order valence-corrected chi connectivity index (χ3v) is 3.41. The Balaban J connectivity index is 1.92. The predicted molar refractivity (Wildman–Crippen MR) is 73.5 cm³/mol. The molecule has 1 fully saturated rings. The maximum absolute atomic E-state index is 11.2. The first kappa shape index (κ1) is 12.7. The quantitative estimate of drug-likeness (QED) is 0.620. The van der Waals surface area contributed by atoms with Crippen LogP contribution >= 0.6 is 0 Å². The molecule has 0 saturated heterocycles. The highest BCUT2D eigenvalue weighted by atomic mass is 16.6. The van der Waals surface area contributed by atoms with Crippen LogP contribution in [0.15, 0.2) is 30.6 Å². The van der Waals surface area contributed by atoms with Crippen LogP contribution in [0.25, 0.3) is 11.4 Å². The molecule has 104 valence electrons. The van der Waals surface area contributed by atoms with Crippen molar-refractivity contribution in [1.29, 1.82) is 0 Å². The van der Waals surface area contributed by atoms with E-state index in [1.807, 2.05) is 11.6 Å². The van der Waals surface area contributed by atoms with E-state index in [4.69, 9.17) is 4.74 Å². The first-order chi connectivity index (χ1) is 9.65. The summed E-state index contributed by atoms with van der Waals surface area (Å²) in [6, 6.07) is 4.98. The van der Waals surface area contributed by atoms with Gasteiger partial charge in [0, 0.05) is 31.1 Å². The SMILES string of the molecule is Cn1ccnc1-c1ccc(OCC2CC2)c([N+](=O)[O-])c1. The molecule has 1 saturated carbocycles. The van der Waals surface area contributed by atoms with E-state index < -0.39 is 4.92 Å². The zero-order valence-electron chi connectivity index (χ0n) is 11.2. The lowest BCUT2D eigenvalue weighted by molar-refractivity contribution is -0.385. The number of rotatable bonds is 5. The Kier molecular flexibility index (Phi) is 3.14. The lowest BCUT2D eigenvalue weighted by atomic mass is 10.1. The molecule has 1 aliphatic rings. The fourth-order valence-corrected chi connectivity index (χ4v) is 2.06. The van der Waals surface area contributed by atoms with Crippen LogP contribution in [0.5, 0.6) is 5.75 Å². The summed E-state index contributed by atoms with van der Waals surface area (Å²) in [7, 11) is 1.85. The van der Waals surface area contributed by atoms with Crippen LogP contribution in [0.2, 0.25) is 0 Å². The van der Waals surface area contributed by atoms with Gasteiger partial charge in [0.15, 0.2) is 5.75 Å². The summed E-state index contributed by atoms with van der Waals surface area (Å²) < 4.78 is 7.38. The topological polar surface area (TPSA) is 70.2 Å². The van der Waals surface area contributed by atoms with Crippen LogP contribution in [0.3, 0.4) is 0 Å². The van der Waals surface area contributed by atoms with Gasteiger partial charge in [-0.1, -0.05) is 0 Å². The van der Waals surface area contributed by atoms with Crippen molar-refractivity contribution >= 4 is 5.69 Å². The number of hydrogen-bond donors (Lipinski definition) is 0. The van der Waals surface area contributed by atoms with Gasteiger partial charge in [-0.3, -0.25) is 10.1 Å². The molecule has 3 rings (SSSR count). The van der Waals surface area contributed by atoms with Gasteiger partial charge in [-0.05, 0) is 30.9 Å². The summed E-state index contributed by atoms with van der Waals surface area (Å²) >= 11 is 0. The molecular formula is C14H15N3O3. The average Bonchev–Trinajstić information content (AvgIpc) is 3.17. The zero-order chi connectivity index (χ0) is 14.1. The number of benzene rings is 1. The van der Waals surface area contributed by atoms with Crippen molar-refractivity contribution in [3.63, 3.8) is 0 Å². The molecule has 0 spiro atoms. The minimum atomic E-state index is -0.408. The molecule has 6 nitrogen and oxygen atoms in total. The molecule has 0 atom stereocenters. The second-order valence-corrected chi connectivity index (χ2v) is 5.06. The number of nitrogens with zero attached hydrogens (tertiary/aromatic N) is 3. The molecule has 6 heteroatoms. The van der Waals surface area contributed by atoms with E-state index in [0.717, 1.165) is 12.8 Å². The van der Waals surface area contributed by atoms with Crippen molar-refractivity contribution < 1.29 is 9.66 Å². The lowest BCUT2D eigenvalue weighted by Crippen LogP contribution is -2.02. The van der Waals surface area contributed by atoms with E-state index in [-0.39, 0.29) is 5.69 Å². The standard InChI is InChI=1S/C14H15N3O3/c1-16-7-6-15-14(16)11-4-5-13(12(8-11)17(18)19)20-9-10-2-3-10/h4-8,10H,2-3,9H2,1H3. The van der Waals surface area contributed by atoms with Crippen LogP contribution in [-0.2, 0) is 7.05 Å². The van der Waals surface area contributed by atoms with Gasteiger partial charge >= 0.3 is 5.69 Å². The number of nitro groups is 1. The third kappa shape index (κ3) is 2.49. The molecular weight excluding hydrogens is 258 g/mol. The fraction of sp³-hybridized carbons (Fsp3) is 0.357. The average molecular weight is 273 g/mol. The Hall–Kier alpha value is -2.37. The number of ether oxygens (including phenoxy) is 1. The summed E-state index contributed by atoms with van der Waals surface area (Å²) in [6.07, 6.45) is 5.77. The number of aryl methyl sites for hydroxylation is 1. The summed E-state index contributed by atoms with van der Waals surface area (Å²) in [4.78, 5) is 15.0. The molecule has 20 heavy (non-hydrogen) atoms. The van der Waals surface area contributed by atoms with Gasteiger partial charge in [0.25, 0.3) is 0 Å². The van der Waals surface area contributed by atoms with E-state index in [1.54, 1.807) is 24.5 Å². The van der Waals surface area contributed by atoms with Gasteiger partial charge in [-0.25, -0.2) is 4.98 Å². The minimum Gasteiger partial charge on any atom is -0.487 e. The molecule has 0 bridgehead atoms. The second kappa shape index (κ2) is 4.96. The summed E-state index contributed by atoms with van der Waals surface area (Å²) in [5.41, 5.74) is 0.703. The third-order valence-electron chi connectivity index (χ3n) is 3.41. The van der Waals surface area contributed by atoms with Gasteiger partial charge in [-0.2, -0.15) is 0 Å². The van der Waals surface area contributed by atoms with Crippen LogP contribution in [0.1, 0.15) is 12.8 Å². The summed E-state index contributed by atoms with van der Waals surface area (Å²) in [5.74, 6) is 1.59. The van der Waals surface area contributed by atoms with Crippen molar-refractivity contribution in [2.45, 2.75) is 12.8 Å². The monoisotopic (exact) mass is 273 g/mol. The summed E-state index contributed by atoms with van der Waals surface area (Å²) in [5, 5.41) is 11.2. The zero-order valence-corrected chi connectivity index (χ0v) is 11.2. The number of hydrogen-bond acceptors (Lipinski definition) is 4. The Bertz CT molecular complexity index is 647. The maximum atomic E-state index is 11.2. The lowest BCUT2D eigenvalue weighted by Gasteiger charge is -2.08. The number of nitro benzene ring substituents is 1. The molecule has 2 aromatic rings. The Morgan fingerprint density at radius 3 is 2.90 bits per heavy atom. The van der Waals surface area contributed by atoms with Crippen molar-refractivity contribution in [3.8, 4) is 17.1 Å². The highest BCUT2D eigenvalue weighted by Crippen LogP contribution is 2.34. The van der Waals surface area contributed by atoms with Crippen molar-refractivity contribution in [2.24, 2.45) is 13.0 Å². The first-order valence-corrected chi connectivity index (χ1v) is 6.54. The van der Waals surface area contributed by atoms with Crippen LogP contribution < -0.4 is 4.74 Å². The Morgan fingerprint density at radius 1 is 1.50 bits per heavy atom. The Morgan fingerprint density at radius 2 is 2.30 bits per heavy atom. The van der Waals surface area contributed by atoms with E-state index in [2.05, 4.69) is 4.98 Å². The van der Waals surface area contributed by atoms with Gasteiger partial charge in [0.05, 0.1) is 11.5 Å². The molecule has 1 heterocycles. The number of imidazole rings is 1. The van der Waals surface area contributed by atoms with Gasteiger partial charge in [-0.15, -0.1) is 0 Å². The van der Waals surface area contributed by atoms with Gasteiger partial charge < -0.3 is 9.30 Å².